The van der Waals surface area contributed by atoms with Crippen molar-refractivity contribution < 1.29 is 46.2 Å². The van der Waals surface area contributed by atoms with Gasteiger partial charge in [-0.1, -0.05) is 44.0 Å². The Kier molecular flexibility index (Phi) is 12.8. The van der Waals surface area contributed by atoms with E-state index in [-0.39, 0.29) is 4.90 Å². The Labute approximate surface area is 228 Å². The summed E-state index contributed by atoms with van der Waals surface area (Å²) in [5.74, 6) is -4.91. The minimum atomic E-state index is -4.24. The number of hydrogen-bond donors (Lipinski definition) is 5. The molecule has 0 fully saturated rings. The predicted molar refractivity (Wildman–Crippen MR) is 142 cm³/mol. The third-order valence-corrected chi connectivity index (χ3v) is 7.80. The predicted octanol–water partition coefficient (Wildman–Crippen LogP) is 0.555. The fourth-order valence-corrected chi connectivity index (χ4v) is 5.01. The lowest BCUT2D eigenvalue weighted by Gasteiger charge is -2.27. The van der Waals surface area contributed by atoms with Crippen LogP contribution in [0.15, 0.2) is 40.6 Å². The molecule has 0 aromatic heterocycles. The van der Waals surface area contributed by atoms with Crippen molar-refractivity contribution in [3.8, 4) is 0 Å². The van der Waals surface area contributed by atoms with Crippen molar-refractivity contribution in [1.82, 2.24) is 15.4 Å². The number of carboxylic acid groups (broad SMARTS) is 2. The van der Waals surface area contributed by atoms with E-state index in [1.165, 1.54) is 12.1 Å². The van der Waals surface area contributed by atoms with Crippen LogP contribution in [0.1, 0.15) is 45.1 Å². The maximum atomic E-state index is 13.2. The number of benzene rings is 1. The molecule has 5 N–H and O–H groups in total. The molecule has 0 radical (unpaired) electrons. The lowest BCUT2D eigenvalue weighted by Crippen LogP contribution is -2.57. The average Bonchev–Trinajstić information content (AvgIpc) is 2.82. The number of amides is 2. The normalized spacial score (nSPS) is 15.2. The minimum Gasteiger partial charge on any atom is -0.481 e. The zero-order chi connectivity index (χ0) is 30.0. The summed E-state index contributed by atoms with van der Waals surface area (Å²) in [6, 6.07) is 1.70. The van der Waals surface area contributed by atoms with Crippen LogP contribution in [0.4, 0.5) is 0 Å². The first-order valence-corrected chi connectivity index (χ1v) is 15.4. The van der Waals surface area contributed by atoms with Crippen LogP contribution in [0.2, 0.25) is 0 Å². The molecule has 1 aromatic carbocycles. The molecule has 2 amide bonds. The summed E-state index contributed by atoms with van der Waals surface area (Å²) in [7, 11) is -7.87. The van der Waals surface area contributed by atoms with Crippen molar-refractivity contribution >= 4 is 43.6 Å². The van der Waals surface area contributed by atoms with Gasteiger partial charge in [0.2, 0.25) is 21.8 Å². The molecule has 39 heavy (non-hydrogen) atoms. The van der Waals surface area contributed by atoms with Crippen LogP contribution in [0.3, 0.4) is 0 Å². The zero-order valence-electron chi connectivity index (χ0n) is 22.1. The van der Waals surface area contributed by atoms with Crippen molar-refractivity contribution in [2.75, 3.05) is 6.26 Å². The maximum absolute atomic E-state index is 13.2. The van der Waals surface area contributed by atoms with Crippen molar-refractivity contribution in [2.45, 2.75) is 69.5 Å². The molecule has 218 valence electrons. The molecule has 0 heterocycles. The highest BCUT2D eigenvalue weighted by Gasteiger charge is 2.32. The van der Waals surface area contributed by atoms with E-state index in [2.05, 4.69) is 15.4 Å². The van der Waals surface area contributed by atoms with Gasteiger partial charge in [0, 0.05) is 18.1 Å². The van der Waals surface area contributed by atoms with Crippen molar-refractivity contribution in [3.05, 3.63) is 41.3 Å². The molecule has 13 nitrogen and oxygen atoms in total. The van der Waals surface area contributed by atoms with Crippen LogP contribution in [-0.4, -0.2) is 75.2 Å². The summed E-state index contributed by atoms with van der Waals surface area (Å²) in [6.45, 7) is 5.09. The number of hydrogen-bond acceptors (Lipinski definition) is 8. The van der Waals surface area contributed by atoms with Crippen molar-refractivity contribution in [3.63, 3.8) is 0 Å². The monoisotopic (exact) mass is 589 g/mol. The Morgan fingerprint density at radius 3 is 2.03 bits per heavy atom. The molecule has 1 unspecified atom stereocenters. The van der Waals surface area contributed by atoms with E-state index in [4.69, 9.17) is 10.2 Å². The minimum absolute atomic E-state index is 0.147. The number of aliphatic carboxylic acids is 2. The van der Waals surface area contributed by atoms with Gasteiger partial charge in [0.1, 0.15) is 12.1 Å². The van der Waals surface area contributed by atoms with Crippen LogP contribution in [0, 0.1) is 12.8 Å². The lowest BCUT2D eigenvalue weighted by molar-refractivity contribution is -0.139. The summed E-state index contributed by atoms with van der Waals surface area (Å²) in [5, 5.41) is 23.8. The number of aryl methyl sites for hydroxylation is 1. The Bertz CT molecular complexity index is 1280. The van der Waals surface area contributed by atoms with E-state index in [0.717, 1.165) is 23.3 Å². The summed E-state index contributed by atoms with van der Waals surface area (Å²) < 4.78 is 50.9. The van der Waals surface area contributed by atoms with Gasteiger partial charge < -0.3 is 20.8 Å². The molecular weight excluding hydrogens is 554 g/mol. The molecule has 15 heteroatoms. The first-order chi connectivity index (χ1) is 17.9. The number of sulfone groups is 1. The molecule has 0 aliphatic carbocycles. The van der Waals surface area contributed by atoms with Gasteiger partial charge in [0.25, 0.3) is 0 Å². The number of carboxylic acids is 2. The highest BCUT2D eigenvalue weighted by atomic mass is 32.2. The second kappa shape index (κ2) is 14.7. The first kappa shape index (κ1) is 33.7. The van der Waals surface area contributed by atoms with E-state index in [0.29, 0.717) is 6.42 Å². The van der Waals surface area contributed by atoms with Gasteiger partial charge in [-0.05, 0) is 31.4 Å². The van der Waals surface area contributed by atoms with Gasteiger partial charge in [-0.25, -0.2) is 16.8 Å². The first-order valence-electron chi connectivity index (χ1n) is 12.0. The number of nitrogens with one attached hydrogen (secondary N) is 3. The average molecular weight is 590 g/mol. The molecule has 0 aliphatic heterocycles. The number of rotatable bonds is 16. The molecule has 0 spiro atoms. The lowest BCUT2D eigenvalue weighted by atomic mass is 9.97. The standard InChI is InChI=1S/C24H35N3O10S2/c1-5-16(3)22(24(33)25-17(14-21(30)31)12-13-38(4,34)35)26-23(32)19(10-11-20(28)29)27-39(36,37)18-8-6-15(2)7-9-18/h6-9,12-13,16-17,19,22,27H,5,10-11,14H2,1-4H3,(H,25,33)(H,26,32)(H,28,29)(H,30,31)/b13-12+/t16?,17-,19+,22+/m1/s1. The number of sulfonamides is 1. The van der Waals surface area contributed by atoms with Gasteiger partial charge in [0.05, 0.1) is 17.4 Å². The SMILES string of the molecule is CCC(C)[C@H](NC(=O)[C@H](CCC(=O)O)NS(=O)(=O)c1ccc(C)cc1)C(=O)N[C@H](/C=C/S(C)(=O)=O)CC(=O)O. The summed E-state index contributed by atoms with van der Waals surface area (Å²) in [4.78, 5) is 48.5. The zero-order valence-corrected chi connectivity index (χ0v) is 23.7. The summed E-state index contributed by atoms with van der Waals surface area (Å²) in [6.07, 6.45) is 0.653. The topological polar surface area (TPSA) is 213 Å². The van der Waals surface area contributed by atoms with E-state index >= 15 is 0 Å². The Hall–Kier alpha value is -3.30. The van der Waals surface area contributed by atoms with Gasteiger partial charge in [-0.3, -0.25) is 19.2 Å². The number of carbonyl (C=O) groups excluding carboxylic acids is 2. The van der Waals surface area contributed by atoms with E-state index in [1.54, 1.807) is 32.9 Å². The molecule has 4 atom stereocenters. The summed E-state index contributed by atoms with van der Waals surface area (Å²) in [5.41, 5.74) is 0.795. The highest BCUT2D eigenvalue weighted by molar-refractivity contribution is 7.93. The van der Waals surface area contributed by atoms with Crippen LogP contribution < -0.4 is 15.4 Å². The summed E-state index contributed by atoms with van der Waals surface area (Å²) >= 11 is 0. The quantitative estimate of drug-likeness (QED) is 0.181. The fraction of sp³-hybridized carbons (Fsp3) is 0.500. The van der Waals surface area contributed by atoms with Gasteiger partial charge in [-0.2, -0.15) is 4.72 Å². The molecule has 0 aliphatic rings. The van der Waals surface area contributed by atoms with E-state index in [1.807, 2.05) is 0 Å². The van der Waals surface area contributed by atoms with Gasteiger partial charge in [-0.15, -0.1) is 0 Å². The molecule has 0 bridgehead atoms. The van der Waals surface area contributed by atoms with Crippen LogP contribution in [0.25, 0.3) is 0 Å². The largest absolute Gasteiger partial charge is 0.481 e. The molecule has 1 aromatic rings. The second-order valence-electron chi connectivity index (χ2n) is 9.16. The highest BCUT2D eigenvalue weighted by Crippen LogP contribution is 2.14. The van der Waals surface area contributed by atoms with Gasteiger partial charge >= 0.3 is 11.9 Å². The second-order valence-corrected chi connectivity index (χ2v) is 12.8. The third kappa shape index (κ3) is 12.4. The smallest absolute Gasteiger partial charge is 0.305 e. The fourth-order valence-electron chi connectivity index (χ4n) is 3.31. The Morgan fingerprint density at radius 2 is 1.54 bits per heavy atom. The molecule has 1 rings (SSSR count). The molecule has 0 saturated carbocycles. The van der Waals surface area contributed by atoms with Crippen LogP contribution in [-0.2, 0) is 39.0 Å². The Balaban J connectivity index is 3.24. The number of carbonyl (C=O) groups is 4. The van der Waals surface area contributed by atoms with E-state index in [9.17, 15) is 36.0 Å². The van der Waals surface area contributed by atoms with Crippen LogP contribution in [0.5, 0.6) is 0 Å². The third-order valence-electron chi connectivity index (χ3n) is 5.67. The van der Waals surface area contributed by atoms with E-state index < -0.39 is 86.9 Å². The van der Waals surface area contributed by atoms with Crippen LogP contribution >= 0.6 is 0 Å². The van der Waals surface area contributed by atoms with Crippen molar-refractivity contribution in [1.29, 1.82) is 0 Å². The van der Waals surface area contributed by atoms with Crippen molar-refractivity contribution in [2.24, 2.45) is 5.92 Å². The Morgan fingerprint density at radius 1 is 0.949 bits per heavy atom. The molecule has 0 saturated heterocycles. The van der Waals surface area contributed by atoms with Gasteiger partial charge in [0.15, 0.2) is 9.84 Å². The maximum Gasteiger partial charge on any atom is 0.305 e. The molecular formula is C24H35N3O10S2.